The molecule has 2 heterocycles. The van der Waals surface area contributed by atoms with E-state index in [-0.39, 0.29) is 11.8 Å². The SMILES string of the molecule is Cc1ccc(C2=C(N3CC(C)CC(C)C3)C(=O)N(c3ccc(C)c(Cl)c3)C2=O)c(C)c1. The molecule has 2 unspecified atom stereocenters. The lowest BCUT2D eigenvalue weighted by atomic mass is 9.90. The molecule has 31 heavy (non-hydrogen) atoms. The molecule has 1 saturated heterocycles. The van der Waals surface area contributed by atoms with Crippen LogP contribution in [0.3, 0.4) is 0 Å². The van der Waals surface area contributed by atoms with E-state index in [1.165, 1.54) is 4.90 Å². The molecular weight excluding hydrogens is 408 g/mol. The number of amides is 2. The van der Waals surface area contributed by atoms with Crippen molar-refractivity contribution in [3.05, 3.63) is 69.4 Å². The Bertz CT molecular complexity index is 1090. The minimum atomic E-state index is -0.280. The van der Waals surface area contributed by atoms with Gasteiger partial charge in [0.25, 0.3) is 11.8 Å². The van der Waals surface area contributed by atoms with Crippen molar-refractivity contribution in [3.8, 4) is 0 Å². The molecule has 162 valence electrons. The summed E-state index contributed by atoms with van der Waals surface area (Å²) in [4.78, 5) is 30.9. The van der Waals surface area contributed by atoms with Crippen LogP contribution in [0.15, 0.2) is 42.1 Å². The quantitative estimate of drug-likeness (QED) is 0.594. The van der Waals surface area contributed by atoms with E-state index in [1.807, 2.05) is 39.0 Å². The topological polar surface area (TPSA) is 40.6 Å². The van der Waals surface area contributed by atoms with Crippen molar-refractivity contribution in [3.63, 3.8) is 0 Å². The number of halogens is 1. The predicted molar refractivity (Wildman–Crippen MR) is 126 cm³/mol. The minimum absolute atomic E-state index is 0.263. The Labute approximate surface area is 189 Å². The maximum atomic E-state index is 13.7. The van der Waals surface area contributed by atoms with Crippen LogP contribution >= 0.6 is 11.6 Å². The van der Waals surface area contributed by atoms with Gasteiger partial charge in [-0.15, -0.1) is 0 Å². The van der Waals surface area contributed by atoms with Gasteiger partial charge in [-0.3, -0.25) is 9.59 Å². The fourth-order valence-corrected chi connectivity index (χ4v) is 5.12. The van der Waals surface area contributed by atoms with Crippen LogP contribution in [-0.4, -0.2) is 29.8 Å². The molecule has 0 aliphatic carbocycles. The van der Waals surface area contributed by atoms with Crippen LogP contribution < -0.4 is 4.90 Å². The Morgan fingerprint density at radius 1 is 0.871 bits per heavy atom. The van der Waals surface area contributed by atoms with Gasteiger partial charge in [-0.1, -0.05) is 55.3 Å². The molecule has 0 radical (unpaired) electrons. The van der Waals surface area contributed by atoms with Gasteiger partial charge in [0.1, 0.15) is 5.70 Å². The van der Waals surface area contributed by atoms with Crippen LogP contribution in [0, 0.1) is 32.6 Å². The molecule has 2 aromatic carbocycles. The highest BCUT2D eigenvalue weighted by atomic mass is 35.5. The number of rotatable bonds is 3. The molecule has 2 aliphatic heterocycles. The largest absolute Gasteiger partial charge is 0.366 e. The van der Waals surface area contributed by atoms with Gasteiger partial charge in [-0.05, 0) is 67.9 Å². The summed E-state index contributed by atoms with van der Waals surface area (Å²) in [5.41, 5.74) is 5.39. The van der Waals surface area contributed by atoms with E-state index in [4.69, 9.17) is 11.6 Å². The maximum Gasteiger partial charge on any atom is 0.282 e. The van der Waals surface area contributed by atoms with E-state index < -0.39 is 0 Å². The van der Waals surface area contributed by atoms with Gasteiger partial charge in [0.15, 0.2) is 0 Å². The lowest BCUT2D eigenvalue weighted by molar-refractivity contribution is -0.120. The highest BCUT2D eigenvalue weighted by Crippen LogP contribution is 2.39. The average molecular weight is 437 g/mol. The zero-order chi connectivity index (χ0) is 22.4. The van der Waals surface area contributed by atoms with Crippen LogP contribution in [0.5, 0.6) is 0 Å². The zero-order valence-corrected chi connectivity index (χ0v) is 19.6. The van der Waals surface area contributed by atoms with Crippen LogP contribution in [0.25, 0.3) is 5.57 Å². The molecule has 0 bridgehead atoms. The van der Waals surface area contributed by atoms with E-state index in [0.29, 0.717) is 33.8 Å². The van der Waals surface area contributed by atoms with Crippen molar-refractivity contribution in [1.82, 2.24) is 4.90 Å². The molecule has 4 rings (SSSR count). The third kappa shape index (κ3) is 3.89. The van der Waals surface area contributed by atoms with E-state index in [2.05, 4.69) is 24.8 Å². The van der Waals surface area contributed by atoms with E-state index >= 15 is 0 Å². The highest BCUT2D eigenvalue weighted by Gasteiger charge is 2.44. The molecule has 2 aromatic rings. The molecule has 0 spiro atoms. The first kappa shape index (κ1) is 21.6. The second-order valence-corrected chi connectivity index (χ2v) is 9.68. The van der Waals surface area contributed by atoms with Gasteiger partial charge in [0, 0.05) is 18.1 Å². The Hall–Kier alpha value is -2.59. The Kier molecular flexibility index (Phi) is 5.69. The smallest absolute Gasteiger partial charge is 0.282 e. The van der Waals surface area contributed by atoms with Gasteiger partial charge < -0.3 is 4.90 Å². The molecule has 2 amide bonds. The number of hydrogen-bond donors (Lipinski definition) is 0. The summed E-state index contributed by atoms with van der Waals surface area (Å²) in [5, 5.41) is 0.542. The standard InChI is InChI=1S/C26H29ClN2O2/c1-15-6-9-21(19(5)11-15)23-24(28-13-16(2)10-17(3)14-28)26(31)29(25(23)30)20-8-7-18(4)22(27)12-20/h6-9,11-12,16-17H,10,13-14H2,1-5H3. The number of likely N-dealkylation sites (tertiary alicyclic amines) is 1. The molecule has 0 N–H and O–H groups in total. The Morgan fingerprint density at radius 3 is 2.16 bits per heavy atom. The van der Waals surface area contributed by atoms with Crippen molar-refractivity contribution < 1.29 is 9.59 Å². The number of nitrogens with zero attached hydrogens (tertiary/aromatic N) is 2. The molecule has 1 fully saturated rings. The van der Waals surface area contributed by atoms with Gasteiger partial charge in [0.05, 0.1) is 11.3 Å². The minimum Gasteiger partial charge on any atom is -0.366 e. The number of benzene rings is 2. The Balaban J connectivity index is 1.87. The number of carbonyl (C=O) groups is 2. The monoisotopic (exact) mass is 436 g/mol. The van der Waals surface area contributed by atoms with Crippen molar-refractivity contribution in [2.75, 3.05) is 18.0 Å². The van der Waals surface area contributed by atoms with Crippen molar-refractivity contribution in [1.29, 1.82) is 0 Å². The van der Waals surface area contributed by atoms with E-state index in [9.17, 15) is 9.59 Å². The number of carbonyl (C=O) groups excluding carboxylic acids is 2. The molecule has 2 aliphatic rings. The number of anilines is 1. The number of aryl methyl sites for hydroxylation is 3. The summed E-state index contributed by atoms with van der Waals surface area (Å²) in [5.74, 6) is 0.378. The number of imide groups is 1. The third-order valence-corrected chi connectivity index (χ3v) is 6.72. The summed E-state index contributed by atoms with van der Waals surface area (Å²) in [7, 11) is 0. The van der Waals surface area contributed by atoms with Gasteiger partial charge in [-0.2, -0.15) is 0 Å². The van der Waals surface area contributed by atoms with Gasteiger partial charge in [0.2, 0.25) is 0 Å². The van der Waals surface area contributed by atoms with Crippen molar-refractivity contribution in [2.24, 2.45) is 11.8 Å². The van der Waals surface area contributed by atoms with Crippen molar-refractivity contribution >= 4 is 34.7 Å². The van der Waals surface area contributed by atoms with Crippen molar-refractivity contribution in [2.45, 2.75) is 41.0 Å². The van der Waals surface area contributed by atoms with Crippen LogP contribution in [0.4, 0.5) is 5.69 Å². The first-order valence-corrected chi connectivity index (χ1v) is 11.3. The van der Waals surface area contributed by atoms with Crippen LogP contribution in [-0.2, 0) is 9.59 Å². The lowest BCUT2D eigenvalue weighted by Gasteiger charge is -2.37. The van der Waals surface area contributed by atoms with E-state index in [0.717, 1.165) is 41.8 Å². The molecular formula is C26H29ClN2O2. The molecule has 2 atom stereocenters. The normalized spacial score (nSPS) is 22.0. The third-order valence-electron chi connectivity index (χ3n) is 6.31. The van der Waals surface area contributed by atoms with E-state index in [1.54, 1.807) is 12.1 Å². The fourth-order valence-electron chi connectivity index (χ4n) is 4.95. The van der Waals surface area contributed by atoms with Crippen LogP contribution in [0.2, 0.25) is 5.02 Å². The predicted octanol–water partition coefficient (Wildman–Crippen LogP) is 5.53. The molecule has 0 aromatic heterocycles. The molecule has 0 saturated carbocycles. The summed E-state index contributed by atoms with van der Waals surface area (Å²) < 4.78 is 0. The lowest BCUT2D eigenvalue weighted by Crippen LogP contribution is -2.42. The summed E-state index contributed by atoms with van der Waals surface area (Å²) in [6.45, 7) is 11.9. The first-order valence-electron chi connectivity index (χ1n) is 10.9. The van der Waals surface area contributed by atoms with Gasteiger partial charge in [-0.25, -0.2) is 4.90 Å². The molecule has 4 nitrogen and oxygen atoms in total. The summed E-state index contributed by atoms with van der Waals surface area (Å²) in [6.07, 6.45) is 1.13. The average Bonchev–Trinajstić information content (AvgIpc) is 2.94. The number of hydrogen-bond acceptors (Lipinski definition) is 3. The summed E-state index contributed by atoms with van der Waals surface area (Å²) in [6, 6.07) is 11.4. The van der Waals surface area contributed by atoms with Gasteiger partial charge >= 0.3 is 0 Å². The van der Waals surface area contributed by atoms with Crippen LogP contribution in [0.1, 0.15) is 42.5 Å². The Morgan fingerprint density at radius 2 is 1.55 bits per heavy atom. The number of piperidine rings is 1. The maximum absolute atomic E-state index is 13.7. The summed E-state index contributed by atoms with van der Waals surface area (Å²) >= 11 is 6.33. The first-order chi connectivity index (χ1) is 14.7. The fraction of sp³-hybridized carbons (Fsp3) is 0.385. The molecule has 5 heteroatoms. The highest BCUT2D eigenvalue weighted by molar-refractivity contribution is 6.45. The zero-order valence-electron chi connectivity index (χ0n) is 18.8. The second-order valence-electron chi connectivity index (χ2n) is 9.27. The second kappa shape index (κ2) is 8.16.